The first-order chi connectivity index (χ1) is 10.4. The molecule has 1 aliphatic carbocycles. The molecule has 1 saturated heterocycles. The van der Waals surface area contributed by atoms with Crippen molar-refractivity contribution in [3.63, 3.8) is 0 Å². The van der Waals surface area contributed by atoms with Gasteiger partial charge in [-0.05, 0) is 50.3 Å². The van der Waals surface area contributed by atoms with E-state index < -0.39 is 0 Å². The third kappa shape index (κ3) is 4.06. The molecule has 1 N–H and O–H groups in total. The fourth-order valence-corrected chi connectivity index (χ4v) is 3.49. The van der Waals surface area contributed by atoms with E-state index in [-0.39, 0.29) is 0 Å². The highest BCUT2D eigenvalue weighted by molar-refractivity contribution is 5.20. The van der Waals surface area contributed by atoms with Crippen LogP contribution in [-0.4, -0.2) is 44.3 Å². The average molecular weight is 288 g/mol. The Morgan fingerprint density at radius 2 is 1.90 bits per heavy atom. The zero-order chi connectivity index (χ0) is 14.5. The number of hydrogen-bond acceptors (Lipinski definition) is 3. The van der Waals surface area contributed by atoms with Crippen molar-refractivity contribution in [1.82, 2.24) is 10.2 Å². The van der Waals surface area contributed by atoms with E-state index in [0.29, 0.717) is 12.1 Å². The van der Waals surface area contributed by atoms with Gasteiger partial charge in [-0.15, -0.1) is 0 Å². The Balaban J connectivity index is 1.64. The lowest BCUT2D eigenvalue weighted by Gasteiger charge is -2.30. The standard InChI is InChI=1S/C18H28N2O/c1-21-14-17(15-9-10-15)19-13-18(20-11-5-6-12-20)16-7-3-2-4-8-16/h2-4,7-8,15,17-19H,5-6,9-14H2,1H3. The Kier molecular flexibility index (Phi) is 5.28. The van der Waals surface area contributed by atoms with Gasteiger partial charge in [-0.2, -0.15) is 0 Å². The molecule has 2 fully saturated rings. The molecule has 1 aliphatic heterocycles. The van der Waals surface area contributed by atoms with E-state index in [4.69, 9.17) is 4.74 Å². The number of hydrogen-bond donors (Lipinski definition) is 1. The van der Waals surface area contributed by atoms with Crippen LogP contribution in [0.1, 0.15) is 37.3 Å². The highest BCUT2D eigenvalue weighted by atomic mass is 16.5. The Labute approximate surface area is 128 Å². The minimum absolute atomic E-state index is 0.506. The van der Waals surface area contributed by atoms with E-state index >= 15 is 0 Å². The van der Waals surface area contributed by atoms with Crippen molar-refractivity contribution in [2.24, 2.45) is 5.92 Å². The summed E-state index contributed by atoms with van der Waals surface area (Å²) in [7, 11) is 1.81. The number of rotatable bonds is 8. The Morgan fingerprint density at radius 3 is 2.52 bits per heavy atom. The second-order valence-corrected chi connectivity index (χ2v) is 6.48. The summed E-state index contributed by atoms with van der Waals surface area (Å²) in [6, 6.07) is 12.0. The predicted octanol–water partition coefficient (Wildman–Crippen LogP) is 2.84. The molecule has 3 rings (SSSR count). The number of benzene rings is 1. The van der Waals surface area contributed by atoms with Crippen LogP contribution in [0, 0.1) is 5.92 Å². The number of nitrogens with zero attached hydrogens (tertiary/aromatic N) is 1. The van der Waals surface area contributed by atoms with Crippen molar-refractivity contribution in [2.75, 3.05) is 33.4 Å². The van der Waals surface area contributed by atoms with Gasteiger partial charge in [-0.1, -0.05) is 30.3 Å². The molecule has 3 heteroatoms. The molecule has 0 amide bonds. The van der Waals surface area contributed by atoms with Crippen LogP contribution in [0.25, 0.3) is 0 Å². The van der Waals surface area contributed by atoms with E-state index in [1.54, 1.807) is 0 Å². The first-order valence-corrected chi connectivity index (χ1v) is 8.40. The quantitative estimate of drug-likeness (QED) is 0.796. The lowest BCUT2D eigenvalue weighted by atomic mass is 10.0. The SMILES string of the molecule is COCC(NCC(c1ccccc1)N1CCCC1)C1CC1. The summed E-state index contributed by atoms with van der Waals surface area (Å²) in [4.78, 5) is 2.64. The van der Waals surface area contributed by atoms with Crippen LogP contribution in [0.15, 0.2) is 30.3 Å². The van der Waals surface area contributed by atoms with Gasteiger partial charge in [0.15, 0.2) is 0 Å². The molecule has 2 aliphatic rings. The first-order valence-electron chi connectivity index (χ1n) is 8.40. The van der Waals surface area contributed by atoms with Gasteiger partial charge < -0.3 is 10.1 Å². The highest BCUT2D eigenvalue weighted by Gasteiger charge is 2.32. The maximum Gasteiger partial charge on any atom is 0.0618 e. The Morgan fingerprint density at radius 1 is 1.19 bits per heavy atom. The molecule has 21 heavy (non-hydrogen) atoms. The molecule has 2 unspecified atom stereocenters. The second-order valence-electron chi connectivity index (χ2n) is 6.48. The van der Waals surface area contributed by atoms with Gasteiger partial charge in [-0.3, -0.25) is 4.90 Å². The molecule has 1 aromatic rings. The zero-order valence-electron chi connectivity index (χ0n) is 13.1. The third-order valence-electron chi connectivity index (χ3n) is 4.88. The third-order valence-corrected chi connectivity index (χ3v) is 4.88. The van der Waals surface area contributed by atoms with Gasteiger partial charge in [-0.25, -0.2) is 0 Å². The van der Waals surface area contributed by atoms with Gasteiger partial charge in [0.1, 0.15) is 0 Å². The summed E-state index contributed by atoms with van der Waals surface area (Å²) < 4.78 is 5.39. The summed E-state index contributed by atoms with van der Waals surface area (Å²) in [5.41, 5.74) is 1.44. The zero-order valence-corrected chi connectivity index (χ0v) is 13.1. The fourth-order valence-electron chi connectivity index (χ4n) is 3.49. The van der Waals surface area contributed by atoms with E-state index in [2.05, 4.69) is 40.5 Å². The molecular weight excluding hydrogens is 260 g/mol. The predicted molar refractivity (Wildman–Crippen MR) is 86.4 cm³/mol. The normalized spacial score (nSPS) is 22.3. The highest BCUT2D eigenvalue weighted by Crippen LogP contribution is 2.33. The smallest absolute Gasteiger partial charge is 0.0618 e. The molecule has 2 atom stereocenters. The van der Waals surface area contributed by atoms with Crippen LogP contribution in [0.5, 0.6) is 0 Å². The molecule has 3 nitrogen and oxygen atoms in total. The van der Waals surface area contributed by atoms with Crippen LogP contribution in [0.2, 0.25) is 0 Å². The molecule has 1 saturated carbocycles. The molecule has 0 radical (unpaired) electrons. The molecule has 1 aromatic carbocycles. The van der Waals surface area contributed by atoms with Gasteiger partial charge in [0.05, 0.1) is 6.61 Å². The molecular formula is C18H28N2O. The molecule has 0 aromatic heterocycles. The second kappa shape index (κ2) is 7.39. The van der Waals surface area contributed by atoms with Crippen LogP contribution in [-0.2, 0) is 4.74 Å². The van der Waals surface area contributed by atoms with E-state index in [1.165, 1.54) is 44.3 Å². The minimum atomic E-state index is 0.506. The topological polar surface area (TPSA) is 24.5 Å². The molecule has 1 heterocycles. The molecule has 116 valence electrons. The number of ether oxygens (including phenoxy) is 1. The van der Waals surface area contributed by atoms with Crippen LogP contribution in [0.4, 0.5) is 0 Å². The Bertz CT molecular complexity index is 412. The van der Waals surface area contributed by atoms with Gasteiger partial charge in [0.25, 0.3) is 0 Å². The van der Waals surface area contributed by atoms with E-state index in [1.807, 2.05) is 7.11 Å². The lowest BCUT2D eigenvalue weighted by molar-refractivity contribution is 0.148. The number of methoxy groups -OCH3 is 1. The van der Waals surface area contributed by atoms with Crippen molar-refractivity contribution < 1.29 is 4.74 Å². The van der Waals surface area contributed by atoms with Gasteiger partial charge >= 0.3 is 0 Å². The monoisotopic (exact) mass is 288 g/mol. The largest absolute Gasteiger partial charge is 0.383 e. The summed E-state index contributed by atoms with van der Waals surface area (Å²) in [5.74, 6) is 0.833. The van der Waals surface area contributed by atoms with Crippen LogP contribution < -0.4 is 5.32 Å². The summed E-state index contributed by atoms with van der Waals surface area (Å²) >= 11 is 0. The van der Waals surface area contributed by atoms with Crippen molar-refractivity contribution in [2.45, 2.75) is 37.8 Å². The van der Waals surface area contributed by atoms with E-state index in [0.717, 1.165) is 19.1 Å². The maximum atomic E-state index is 5.39. The summed E-state index contributed by atoms with van der Waals surface area (Å²) in [6.07, 6.45) is 5.41. The number of likely N-dealkylation sites (tertiary alicyclic amines) is 1. The van der Waals surface area contributed by atoms with Crippen LogP contribution in [0.3, 0.4) is 0 Å². The summed E-state index contributed by atoms with van der Waals surface area (Å²) in [5, 5.41) is 3.79. The van der Waals surface area contributed by atoms with Crippen molar-refractivity contribution in [3.8, 4) is 0 Å². The van der Waals surface area contributed by atoms with Gasteiger partial charge in [0, 0.05) is 25.7 Å². The molecule has 0 spiro atoms. The first kappa shape index (κ1) is 15.0. The minimum Gasteiger partial charge on any atom is -0.383 e. The lowest BCUT2D eigenvalue weighted by Crippen LogP contribution is -2.41. The number of nitrogens with one attached hydrogen (secondary N) is 1. The van der Waals surface area contributed by atoms with Crippen molar-refractivity contribution >= 4 is 0 Å². The van der Waals surface area contributed by atoms with Gasteiger partial charge in [0.2, 0.25) is 0 Å². The Hall–Kier alpha value is -0.900. The summed E-state index contributed by atoms with van der Waals surface area (Å²) in [6.45, 7) is 4.35. The van der Waals surface area contributed by atoms with Crippen molar-refractivity contribution in [3.05, 3.63) is 35.9 Å². The molecule has 0 bridgehead atoms. The fraction of sp³-hybridized carbons (Fsp3) is 0.667. The maximum absolute atomic E-state index is 5.39. The average Bonchev–Trinajstić information content (AvgIpc) is 3.23. The van der Waals surface area contributed by atoms with E-state index in [9.17, 15) is 0 Å². The van der Waals surface area contributed by atoms with Crippen LogP contribution >= 0.6 is 0 Å². The van der Waals surface area contributed by atoms with Crippen molar-refractivity contribution in [1.29, 1.82) is 0 Å².